The minimum absolute atomic E-state index is 0.883. The fourth-order valence-electron chi connectivity index (χ4n) is 1.90. The van der Waals surface area contributed by atoms with Crippen molar-refractivity contribution >= 4 is 0 Å². The monoisotopic (exact) mass is 224 g/mol. The van der Waals surface area contributed by atoms with E-state index in [1.54, 1.807) is 5.57 Å². The first-order valence-electron chi connectivity index (χ1n) is 6.40. The first-order valence-corrected chi connectivity index (χ1v) is 6.40. The molecule has 0 amide bonds. The molecule has 1 heterocycles. The molecule has 2 aliphatic rings. The highest BCUT2D eigenvalue weighted by atomic mass is 16.5. The molecule has 0 radical (unpaired) electrons. The Bertz CT molecular complexity index is 253. The van der Waals surface area contributed by atoms with E-state index in [2.05, 4.69) is 24.2 Å². The van der Waals surface area contributed by atoms with E-state index < -0.39 is 0 Å². The Labute approximate surface area is 98.8 Å². The van der Waals surface area contributed by atoms with Crippen LogP contribution in [0.2, 0.25) is 0 Å². The lowest BCUT2D eigenvalue weighted by molar-refractivity contribution is 0.105. The summed E-state index contributed by atoms with van der Waals surface area (Å²) in [4.78, 5) is 2.35. The van der Waals surface area contributed by atoms with Gasteiger partial charge in [0, 0.05) is 32.8 Å². The van der Waals surface area contributed by atoms with Gasteiger partial charge in [-0.2, -0.15) is 0 Å². The summed E-state index contributed by atoms with van der Waals surface area (Å²) in [6.45, 7) is 8.44. The van der Waals surface area contributed by atoms with Crippen LogP contribution in [0.15, 0.2) is 11.1 Å². The van der Waals surface area contributed by atoms with Crippen LogP contribution in [0.25, 0.3) is 0 Å². The molecule has 0 aromatic carbocycles. The number of likely N-dealkylation sites (N-methyl/N-ethyl adjacent to an activating group) is 1. The molecule has 2 fully saturated rings. The molecule has 0 atom stereocenters. The van der Waals surface area contributed by atoms with Crippen molar-refractivity contribution < 1.29 is 4.74 Å². The van der Waals surface area contributed by atoms with Gasteiger partial charge in [0.1, 0.15) is 0 Å². The summed E-state index contributed by atoms with van der Waals surface area (Å²) >= 11 is 0. The fraction of sp³-hybridized carbons (Fsp3) is 0.846. The van der Waals surface area contributed by atoms with Crippen LogP contribution >= 0.6 is 0 Å². The third kappa shape index (κ3) is 3.89. The van der Waals surface area contributed by atoms with Crippen LogP contribution in [-0.2, 0) is 4.74 Å². The topological polar surface area (TPSA) is 24.5 Å². The first kappa shape index (κ1) is 12.1. The van der Waals surface area contributed by atoms with Crippen LogP contribution in [0.5, 0.6) is 0 Å². The van der Waals surface area contributed by atoms with E-state index in [4.69, 9.17) is 4.74 Å². The first-order chi connectivity index (χ1) is 7.75. The number of nitrogens with one attached hydrogen (secondary N) is 1. The maximum atomic E-state index is 5.64. The summed E-state index contributed by atoms with van der Waals surface area (Å²) in [7, 11) is 2.18. The lowest BCUT2D eigenvalue weighted by atomic mass is 10.0. The molecule has 0 unspecified atom stereocenters. The normalized spacial score (nSPS) is 20.1. The lowest BCUT2D eigenvalue weighted by Gasteiger charge is -2.25. The highest BCUT2D eigenvalue weighted by Crippen LogP contribution is 2.28. The van der Waals surface area contributed by atoms with Crippen molar-refractivity contribution in [3.05, 3.63) is 11.1 Å². The predicted molar refractivity (Wildman–Crippen MR) is 66.6 cm³/mol. The van der Waals surface area contributed by atoms with Gasteiger partial charge >= 0.3 is 0 Å². The maximum Gasteiger partial charge on any atom is 0.0593 e. The molecule has 1 aliphatic carbocycles. The molecule has 16 heavy (non-hydrogen) atoms. The number of nitrogens with zero attached hydrogens (tertiary/aromatic N) is 1. The Kier molecular flexibility index (Phi) is 4.38. The van der Waals surface area contributed by atoms with E-state index in [9.17, 15) is 0 Å². The van der Waals surface area contributed by atoms with Crippen LogP contribution in [0.4, 0.5) is 0 Å². The van der Waals surface area contributed by atoms with Gasteiger partial charge < -0.3 is 15.0 Å². The zero-order valence-electron chi connectivity index (χ0n) is 10.6. The van der Waals surface area contributed by atoms with Gasteiger partial charge in [0.25, 0.3) is 0 Å². The summed E-state index contributed by atoms with van der Waals surface area (Å²) in [5.41, 5.74) is 3.12. The third-order valence-electron chi connectivity index (χ3n) is 3.46. The van der Waals surface area contributed by atoms with Gasteiger partial charge in [-0.15, -0.1) is 0 Å². The lowest BCUT2D eigenvalue weighted by Crippen LogP contribution is -2.36. The second-order valence-corrected chi connectivity index (χ2v) is 5.24. The summed E-state index contributed by atoms with van der Waals surface area (Å²) in [6, 6.07) is 0. The molecule has 1 aliphatic heterocycles. The van der Waals surface area contributed by atoms with Gasteiger partial charge in [-0.05, 0) is 38.3 Å². The molecule has 3 heteroatoms. The number of hydrogen-bond acceptors (Lipinski definition) is 3. The largest absolute Gasteiger partial charge is 0.380 e. The second-order valence-electron chi connectivity index (χ2n) is 5.24. The Morgan fingerprint density at radius 1 is 1.44 bits per heavy atom. The van der Waals surface area contributed by atoms with E-state index in [0.717, 1.165) is 45.3 Å². The standard InChI is InChI=1S/C13H24N2O/c1-11(13-7-14-8-13)9-15(2)5-6-16-10-12-3-4-12/h12,14H,3-10H2,1-2H3. The molecule has 92 valence electrons. The average molecular weight is 224 g/mol. The quantitative estimate of drug-likeness (QED) is 0.520. The van der Waals surface area contributed by atoms with Crippen molar-refractivity contribution in [3.8, 4) is 0 Å². The fourth-order valence-corrected chi connectivity index (χ4v) is 1.90. The highest BCUT2D eigenvalue weighted by molar-refractivity contribution is 5.22. The van der Waals surface area contributed by atoms with Gasteiger partial charge in [0.05, 0.1) is 6.61 Å². The van der Waals surface area contributed by atoms with Crippen LogP contribution < -0.4 is 5.32 Å². The second kappa shape index (κ2) is 5.80. The highest BCUT2D eigenvalue weighted by Gasteiger charge is 2.21. The minimum Gasteiger partial charge on any atom is -0.380 e. The summed E-state index contributed by atoms with van der Waals surface area (Å²) in [5.74, 6) is 0.884. The number of hydrogen-bond donors (Lipinski definition) is 1. The molecule has 2 rings (SSSR count). The summed E-state index contributed by atoms with van der Waals surface area (Å²) < 4.78 is 5.64. The van der Waals surface area contributed by atoms with Crippen molar-refractivity contribution in [3.63, 3.8) is 0 Å². The van der Waals surface area contributed by atoms with E-state index in [0.29, 0.717) is 0 Å². The van der Waals surface area contributed by atoms with Crippen molar-refractivity contribution in [1.82, 2.24) is 10.2 Å². The van der Waals surface area contributed by atoms with Crippen LogP contribution in [-0.4, -0.2) is 51.3 Å². The zero-order chi connectivity index (χ0) is 11.4. The van der Waals surface area contributed by atoms with E-state index in [-0.39, 0.29) is 0 Å². The predicted octanol–water partition coefficient (Wildman–Crippen LogP) is 1.26. The Hall–Kier alpha value is -0.380. The number of rotatable bonds is 7. The molecule has 0 bridgehead atoms. The van der Waals surface area contributed by atoms with Crippen molar-refractivity contribution in [2.45, 2.75) is 19.8 Å². The Morgan fingerprint density at radius 2 is 2.19 bits per heavy atom. The molecule has 0 aromatic rings. The number of ether oxygens (including phenoxy) is 1. The van der Waals surface area contributed by atoms with Crippen LogP contribution in [0.1, 0.15) is 19.8 Å². The van der Waals surface area contributed by atoms with Gasteiger partial charge in [-0.25, -0.2) is 0 Å². The van der Waals surface area contributed by atoms with E-state index in [1.807, 2.05) is 0 Å². The summed E-state index contributed by atoms with van der Waals surface area (Å²) in [5, 5.41) is 3.29. The molecule has 1 N–H and O–H groups in total. The third-order valence-corrected chi connectivity index (χ3v) is 3.46. The maximum absolute atomic E-state index is 5.64. The summed E-state index contributed by atoms with van der Waals surface area (Å²) in [6.07, 6.45) is 2.77. The van der Waals surface area contributed by atoms with Crippen LogP contribution in [0.3, 0.4) is 0 Å². The Balaban J connectivity index is 1.54. The van der Waals surface area contributed by atoms with Crippen molar-refractivity contribution in [2.75, 3.05) is 46.4 Å². The molecule has 1 saturated carbocycles. The minimum atomic E-state index is 0.883. The molecular formula is C13H24N2O. The van der Waals surface area contributed by atoms with E-state index >= 15 is 0 Å². The molecule has 1 saturated heterocycles. The molecule has 3 nitrogen and oxygen atoms in total. The molecule has 0 spiro atoms. The van der Waals surface area contributed by atoms with E-state index in [1.165, 1.54) is 18.4 Å². The zero-order valence-corrected chi connectivity index (χ0v) is 10.6. The smallest absolute Gasteiger partial charge is 0.0593 e. The van der Waals surface area contributed by atoms with Gasteiger partial charge in [-0.1, -0.05) is 5.57 Å². The van der Waals surface area contributed by atoms with Crippen molar-refractivity contribution in [1.29, 1.82) is 0 Å². The Morgan fingerprint density at radius 3 is 2.75 bits per heavy atom. The molecular weight excluding hydrogens is 200 g/mol. The van der Waals surface area contributed by atoms with Crippen LogP contribution in [0, 0.1) is 5.92 Å². The van der Waals surface area contributed by atoms with Gasteiger partial charge in [0.15, 0.2) is 0 Å². The van der Waals surface area contributed by atoms with Gasteiger partial charge in [0.2, 0.25) is 0 Å². The van der Waals surface area contributed by atoms with Crippen molar-refractivity contribution in [2.24, 2.45) is 5.92 Å². The SMILES string of the molecule is CC(CN(C)CCOCC1CC1)=C1CNC1. The average Bonchev–Trinajstić information content (AvgIpc) is 2.92. The molecule has 0 aromatic heterocycles. The van der Waals surface area contributed by atoms with Gasteiger partial charge in [-0.3, -0.25) is 0 Å².